The van der Waals surface area contributed by atoms with Crippen molar-refractivity contribution in [2.75, 3.05) is 43.1 Å². The van der Waals surface area contributed by atoms with Gasteiger partial charge in [-0.2, -0.15) is 5.26 Å². The number of benzene rings is 1. The number of ether oxygens (including phenoxy) is 1. The monoisotopic (exact) mass is 401 g/mol. The molecule has 4 heterocycles. The number of rotatable bonds is 4. The fourth-order valence-corrected chi connectivity index (χ4v) is 4.26. The molecule has 0 spiro atoms. The minimum Gasteiger partial charge on any atom is -0.496 e. The Morgan fingerprint density at radius 1 is 1.07 bits per heavy atom. The molecule has 0 amide bonds. The average Bonchev–Trinajstić information content (AvgIpc) is 2.78. The maximum Gasteiger partial charge on any atom is 0.225 e. The lowest BCUT2D eigenvalue weighted by Crippen LogP contribution is -2.47. The van der Waals surface area contributed by atoms with Gasteiger partial charge in [0, 0.05) is 56.6 Å². The Labute approximate surface area is 175 Å². The maximum absolute atomic E-state index is 9.15. The van der Waals surface area contributed by atoms with Gasteiger partial charge in [0.05, 0.1) is 29.8 Å². The summed E-state index contributed by atoms with van der Waals surface area (Å²) in [4.78, 5) is 23.0. The van der Waals surface area contributed by atoms with Gasteiger partial charge in [0.1, 0.15) is 5.75 Å². The Morgan fingerprint density at radius 2 is 1.87 bits per heavy atom. The molecule has 0 N–H and O–H groups in total. The van der Waals surface area contributed by atoms with Crippen molar-refractivity contribution in [1.82, 2.24) is 19.9 Å². The summed E-state index contributed by atoms with van der Waals surface area (Å²) in [5.41, 5.74) is 1.91. The zero-order valence-corrected chi connectivity index (χ0v) is 16.9. The van der Waals surface area contributed by atoms with Crippen LogP contribution >= 0.6 is 0 Å². The molecule has 1 aromatic carbocycles. The van der Waals surface area contributed by atoms with E-state index in [4.69, 9.17) is 15.0 Å². The molecule has 0 unspecified atom stereocenters. The molecule has 2 aliphatic heterocycles. The summed E-state index contributed by atoms with van der Waals surface area (Å²) in [5, 5.41) is 10.1. The Bertz CT molecular complexity index is 1100. The normalized spacial score (nSPS) is 17.6. The van der Waals surface area contributed by atoms with E-state index in [0.29, 0.717) is 5.92 Å². The number of nitriles is 1. The van der Waals surface area contributed by atoms with Gasteiger partial charge in [0.15, 0.2) is 5.82 Å². The van der Waals surface area contributed by atoms with Gasteiger partial charge in [-0.3, -0.25) is 4.98 Å². The Morgan fingerprint density at radius 3 is 2.63 bits per heavy atom. The standard InChI is InChI=1S/C22H23N7O/c1-30-19-4-2-3-18-17(19)12-26-22(27-18)29-13-16(14-29)20-21(25-8-7-24-20)28-9-5-15(11-23)6-10-28/h2-4,7-8,12,15-16H,5-6,9-10,13-14H2,1H3. The van der Waals surface area contributed by atoms with Crippen molar-refractivity contribution >= 4 is 22.7 Å². The van der Waals surface area contributed by atoms with Crippen molar-refractivity contribution in [3.05, 3.63) is 42.5 Å². The fraction of sp³-hybridized carbons (Fsp3) is 0.409. The number of methoxy groups -OCH3 is 1. The second-order valence-electron chi connectivity index (χ2n) is 7.82. The predicted molar refractivity (Wildman–Crippen MR) is 114 cm³/mol. The number of aromatic nitrogens is 4. The van der Waals surface area contributed by atoms with E-state index in [0.717, 1.165) is 73.1 Å². The highest BCUT2D eigenvalue weighted by atomic mass is 16.5. The van der Waals surface area contributed by atoms with Crippen LogP contribution in [0.1, 0.15) is 24.5 Å². The molecule has 8 nitrogen and oxygen atoms in total. The third-order valence-corrected chi connectivity index (χ3v) is 6.03. The molecule has 0 atom stereocenters. The van der Waals surface area contributed by atoms with E-state index < -0.39 is 0 Å². The molecule has 3 aromatic rings. The molecule has 30 heavy (non-hydrogen) atoms. The molecule has 2 fully saturated rings. The molecule has 0 aliphatic carbocycles. The molecule has 0 saturated carbocycles. The second-order valence-corrected chi connectivity index (χ2v) is 7.82. The largest absolute Gasteiger partial charge is 0.496 e. The molecule has 152 valence electrons. The molecule has 8 heteroatoms. The van der Waals surface area contributed by atoms with E-state index in [2.05, 4.69) is 30.8 Å². The topological polar surface area (TPSA) is 91.1 Å². The van der Waals surface area contributed by atoms with Crippen LogP contribution in [0.25, 0.3) is 10.9 Å². The molecule has 2 aromatic heterocycles. The first-order valence-corrected chi connectivity index (χ1v) is 10.3. The van der Waals surface area contributed by atoms with E-state index in [1.807, 2.05) is 24.4 Å². The van der Waals surface area contributed by atoms with Crippen LogP contribution in [0.5, 0.6) is 5.75 Å². The van der Waals surface area contributed by atoms with Gasteiger partial charge in [-0.1, -0.05) is 6.07 Å². The van der Waals surface area contributed by atoms with Crippen LogP contribution in [0, 0.1) is 17.2 Å². The minimum atomic E-state index is 0.157. The number of anilines is 2. The highest BCUT2D eigenvalue weighted by Crippen LogP contribution is 2.35. The molecular formula is C22H23N7O. The van der Waals surface area contributed by atoms with Crippen molar-refractivity contribution in [3.8, 4) is 11.8 Å². The Hall–Kier alpha value is -3.47. The molecule has 0 radical (unpaired) electrons. The van der Waals surface area contributed by atoms with Crippen molar-refractivity contribution < 1.29 is 4.74 Å². The summed E-state index contributed by atoms with van der Waals surface area (Å²) >= 11 is 0. The molecular weight excluding hydrogens is 378 g/mol. The quantitative estimate of drug-likeness (QED) is 0.659. The van der Waals surface area contributed by atoms with Gasteiger partial charge >= 0.3 is 0 Å². The number of nitrogens with zero attached hydrogens (tertiary/aromatic N) is 7. The van der Waals surface area contributed by atoms with Gasteiger partial charge in [-0.15, -0.1) is 0 Å². The average molecular weight is 401 g/mol. The summed E-state index contributed by atoms with van der Waals surface area (Å²) in [6.45, 7) is 3.34. The van der Waals surface area contributed by atoms with Crippen molar-refractivity contribution in [1.29, 1.82) is 5.26 Å². The predicted octanol–water partition coefficient (Wildman–Crippen LogP) is 2.77. The zero-order valence-electron chi connectivity index (χ0n) is 16.9. The van der Waals surface area contributed by atoms with Crippen LogP contribution < -0.4 is 14.5 Å². The third kappa shape index (κ3) is 3.26. The maximum atomic E-state index is 9.15. The van der Waals surface area contributed by atoms with Gasteiger partial charge in [-0.25, -0.2) is 15.0 Å². The van der Waals surface area contributed by atoms with Crippen molar-refractivity contribution in [2.24, 2.45) is 5.92 Å². The van der Waals surface area contributed by atoms with Gasteiger partial charge in [0.25, 0.3) is 0 Å². The Kier molecular flexibility index (Phi) is 4.79. The summed E-state index contributed by atoms with van der Waals surface area (Å²) in [6.07, 6.45) is 7.13. The third-order valence-electron chi connectivity index (χ3n) is 6.03. The number of fused-ring (bicyclic) bond motifs is 1. The number of hydrogen-bond donors (Lipinski definition) is 0. The fourth-order valence-electron chi connectivity index (χ4n) is 4.26. The smallest absolute Gasteiger partial charge is 0.225 e. The summed E-state index contributed by atoms with van der Waals surface area (Å²) < 4.78 is 5.40. The van der Waals surface area contributed by atoms with Crippen LogP contribution in [0.15, 0.2) is 36.8 Å². The minimum absolute atomic E-state index is 0.157. The molecule has 2 saturated heterocycles. The summed E-state index contributed by atoms with van der Waals surface area (Å²) in [6, 6.07) is 8.23. The summed E-state index contributed by atoms with van der Waals surface area (Å²) in [5.74, 6) is 2.93. The van der Waals surface area contributed by atoms with E-state index in [1.54, 1.807) is 19.5 Å². The van der Waals surface area contributed by atoms with Gasteiger partial charge < -0.3 is 14.5 Å². The van der Waals surface area contributed by atoms with Crippen LogP contribution in [-0.4, -0.2) is 53.2 Å². The molecule has 0 bridgehead atoms. The first-order chi connectivity index (χ1) is 14.8. The van der Waals surface area contributed by atoms with Crippen LogP contribution in [0.3, 0.4) is 0 Å². The van der Waals surface area contributed by atoms with Gasteiger partial charge in [-0.05, 0) is 25.0 Å². The van der Waals surface area contributed by atoms with E-state index >= 15 is 0 Å². The highest BCUT2D eigenvalue weighted by Gasteiger charge is 2.35. The SMILES string of the molecule is COc1cccc2nc(N3CC(c4nccnc4N4CCC(C#N)CC4)C3)ncc12. The van der Waals surface area contributed by atoms with E-state index in [1.165, 1.54) is 0 Å². The van der Waals surface area contributed by atoms with Crippen molar-refractivity contribution in [2.45, 2.75) is 18.8 Å². The second kappa shape index (κ2) is 7.75. The van der Waals surface area contributed by atoms with Crippen LogP contribution in [0.2, 0.25) is 0 Å². The van der Waals surface area contributed by atoms with Crippen LogP contribution in [0.4, 0.5) is 11.8 Å². The lowest BCUT2D eigenvalue weighted by molar-refractivity contribution is 0.419. The van der Waals surface area contributed by atoms with Crippen LogP contribution in [-0.2, 0) is 0 Å². The lowest BCUT2D eigenvalue weighted by Gasteiger charge is -2.40. The first-order valence-electron chi connectivity index (χ1n) is 10.3. The zero-order chi connectivity index (χ0) is 20.5. The lowest BCUT2D eigenvalue weighted by atomic mass is 9.94. The Balaban J connectivity index is 1.32. The number of hydrogen-bond acceptors (Lipinski definition) is 8. The van der Waals surface area contributed by atoms with Gasteiger partial charge in [0.2, 0.25) is 5.95 Å². The first kappa shape index (κ1) is 18.6. The molecule has 5 rings (SSSR count). The number of piperidine rings is 1. The summed E-state index contributed by atoms with van der Waals surface area (Å²) in [7, 11) is 1.66. The van der Waals surface area contributed by atoms with E-state index in [-0.39, 0.29) is 5.92 Å². The van der Waals surface area contributed by atoms with Crippen molar-refractivity contribution in [3.63, 3.8) is 0 Å². The van der Waals surface area contributed by atoms with E-state index in [9.17, 15) is 0 Å². The highest BCUT2D eigenvalue weighted by molar-refractivity contribution is 5.85. The molecule has 2 aliphatic rings.